The molecule has 0 aliphatic carbocycles. The molecule has 0 saturated heterocycles. The number of hydrogen-bond acceptors (Lipinski definition) is 5. The lowest BCUT2D eigenvalue weighted by Gasteiger charge is -2.05. The maximum absolute atomic E-state index is 11.2. The molecule has 0 atom stereocenters. The summed E-state index contributed by atoms with van der Waals surface area (Å²) in [5, 5.41) is 0. The molecule has 2 heterocycles. The highest BCUT2D eigenvalue weighted by Gasteiger charge is 2.11. The molecule has 0 spiro atoms. The quantitative estimate of drug-likeness (QED) is 0.849. The number of carbonyl (C=O) groups excluding carboxylic acids is 1. The molecule has 6 heteroatoms. The first-order chi connectivity index (χ1) is 8.70. The zero-order chi connectivity index (χ0) is 13.0. The van der Waals surface area contributed by atoms with E-state index in [2.05, 4.69) is 15.0 Å². The topological polar surface area (TPSA) is 91.0 Å². The van der Waals surface area contributed by atoms with Crippen LogP contribution in [0.3, 0.4) is 0 Å². The van der Waals surface area contributed by atoms with Crippen LogP contribution in [-0.2, 0) is 6.42 Å². The molecular formula is C12H12N4O2. The first kappa shape index (κ1) is 12.0. The van der Waals surface area contributed by atoms with Crippen molar-refractivity contribution >= 4 is 5.91 Å². The third-order valence-corrected chi connectivity index (χ3v) is 2.39. The fourth-order valence-electron chi connectivity index (χ4n) is 1.53. The van der Waals surface area contributed by atoms with E-state index in [1.165, 1.54) is 12.4 Å². The summed E-state index contributed by atoms with van der Waals surface area (Å²) in [6.07, 6.45) is 5.08. The number of methoxy groups -OCH3 is 1. The molecular weight excluding hydrogens is 232 g/mol. The van der Waals surface area contributed by atoms with Crippen LogP contribution in [0.4, 0.5) is 0 Å². The molecule has 2 rings (SSSR count). The number of primary amides is 1. The van der Waals surface area contributed by atoms with Crippen LogP contribution in [0.2, 0.25) is 0 Å². The van der Waals surface area contributed by atoms with Crippen LogP contribution >= 0.6 is 0 Å². The van der Waals surface area contributed by atoms with Gasteiger partial charge in [0.1, 0.15) is 5.69 Å². The number of pyridine rings is 1. The smallest absolute Gasteiger partial charge is 0.269 e. The number of nitrogens with two attached hydrogens (primary N) is 1. The van der Waals surface area contributed by atoms with Crippen molar-refractivity contribution in [2.24, 2.45) is 5.73 Å². The van der Waals surface area contributed by atoms with Gasteiger partial charge in [0.05, 0.1) is 12.8 Å². The maximum Gasteiger partial charge on any atom is 0.269 e. The highest BCUT2D eigenvalue weighted by molar-refractivity contribution is 5.91. The fraction of sp³-hybridized carbons (Fsp3) is 0.167. The van der Waals surface area contributed by atoms with Crippen molar-refractivity contribution in [3.63, 3.8) is 0 Å². The molecule has 2 aromatic rings. The largest absolute Gasteiger partial charge is 0.481 e. The van der Waals surface area contributed by atoms with E-state index in [4.69, 9.17) is 10.5 Å². The van der Waals surface area contributed by atoms with Gasteiger partial charge in [-0.3, -0.25) is 9.78 Å². The third-order valence-electron chi connectivity index (χ3n) is 2.39. The van der Waals surface area contributed by atoms with Crippen LogP contribution < -0.4 is 10.5 Å². The van der Waals surface area contributed by atoms with Gasteiger partial charge < -0.3 is 10.5 Å². The second-order valence-corrected chi connectivity index (χ2v) is 3.60. The Labute approximate surface area is 104 Å². The maximum atomic E-state index is 11.2. The van der Waals surface area contributed by atoms with Crippen molar-refractivity contribution in [2.75, 3.05) is 7.11 Å². The van der Waals surface area contributed by atoms with Gasteiger partial charge in [0, 0.05) is 31.1 Å². The Morgan fingerprint density at radius 1 is 1.28 bits per heavy atom. The van der Waals surface area contributed by atoms with Crippen LogP contribution in [0.5, 0.6) is 5.88 Å². The number of carbonyl (C=O) groups is 1. The predicted molar refractivity (Wildman–Crippen MR) is 64.1 cm³/mol. The van der Waals surface area contributed by atoms with Gasteiger partial charge in [-0.25, -0.2) is 9.97 Å². The molecule has 0 aliphatic heterocycles. The molecule has 0 saturated carbocycles. The molecule has 0 radical (unpaired) electrons. The average molecular weight is 244 g/mol. The molecule has 0 unspecified atom stereocenters. The molecule has 0 aromatic carbocycles. The zero-order valence-corrected chi connectivity index (χ0v) is 9.83. The monoisotopic (exact) mass is 244 g/mol. The van der Waals surface area contributed by atoms with E-state index in [1.54, 1.807) is 19.4 Å². The van der Waals surface area contributed by atoms with Crippen LogP contribution in [0.15, 0.2) is 30.7 Å². The Morgan fingerprint density at radius 3 is 2.67 bits per heavy atom. The molecule has 92 valence electrons. The summed E-state index contributed by atoms with van der Waals surface area (Å²) in [5.41, 5.74) is 6.87. The van der Waals surface area contributed by atoms with Gasteiger partial charge in [0.2, 0.25) is 5.88 Å². The van der Waals surface area contributed by atoms with Crippen molar-refractivity contribution in [2.45, 2.75) is 6.42 Å². The van der Waals surface area contributed by atoms with Gasteiger partial charge in [-0.15, -0.1) is 0 Å². The normalized spacial score (nSPS) is 10.1. The Balaban J connectivity index is 2.25. The number of amides is 1. The number of hydrogen-bond donors (Lipinski definition) is 1. The first-order valence-electron chi connectivity index (χ1n) is 5.29. The standard InChI is InChI=1S/C12H12N4O2/c1-18-10-3-2-8(7-16-10)6-9-11(12(13)17)15-5-4-14-9/h2-5,7H,6H2,1H3,(H2,13,17). The summed E-state index contributed by atoms with van der Waals surface area (Å²) in [6.45, 7) is 0. The van der Waals surface area contributed by atoms with Crippen LogP contribution in [0.1, 0.15) is 21.7 Å². The Morgan fingerprint density at radius 2 is 2.06 bits per heavy atom. The van der Waals surface area contributed by atoms with E-state index < -0.39 is 5.91 Å². The summed E-state index contributed by atoms with van der Waals surface area (Å²) >= 11 is 0. The van der Waals surface area contributed by atoms with Crippen molar-refractivity contribution < 1.29 is 9.53 Å². The molecule has 6 nitrogen and oxygen atoms in total. The summed E-state index contributed by atoms with van der Waals surface area (Å²) in [6, 6.07) is 3.60. The summed E-state index contributed by atoms with van der Waals surface area (Å²) in [7, 11) is 1.55. The Hall–Kier alpha value is -2.50. The van der Waals surface area contributed by atoms with Gasteiger partial charge in [0.25, 0.3) is 5.91 Å². The van der Waals surface area contributed by atoms with Gasteiger partial charge >= 0.3 is 0 Å². The fourth-order valence-corrected chi connectivity index (χ4v) is 1.53. The second-order valence-electron chi connectivity index (χ2n) is 3.60. The van der Waals surface area contributed by atoms with Crippen LogP contribution in [-0.4, -0.2) is 28.0 Å². The third kappa shape index (κ3) is 2.60. The van der Waals surface area contributed by atoms with Crippen molar-refractivity contribution in [3.05, 3.63) is 47.7 Å². The highest BCUT2D eigenvalue weighted by Crippen LogP contribution is 2.12. The molecule has 2 aromatic heterocycles. The van der Waals surface area contributed by atoms with Gasteiger partial charge in [-0.2, -0.15) is 0 Å². The molecule has 0 fully saturated rings. The van der Waals surface area contributed by atoms with E-state index >= 15 is 0 Å². The zero-order valence-electron chi connectivity index (χ0n) is 9.83. The molecule has 18 heavy (non-hydrogen) atoms. The minimum atomic E-state index is -0.584. The minimum Gasteiger partial charge on any atom is -0.481 e. The van der Waals surface area contributed by atoms with Crippen molar-refractivity contribution in [1.82, 2.24) is 15.0 Å². The lowest BCUT2D eigenvalue weighted by atomic mass is 10.1. The number of ether oxygens (including phenoxy) is 1. The van der Waals surface area contributed by atoms with Gasteiger partial charge in [-0.05, 0) is 5.56 Å². The van der Waals surface area contributed by atoms with E-state index in [0.717, 1.165) is 5.56 Å². The average Bonchev–Trinajstić information content (AvgIpc) is 2.40. The first-order valence-corrected chi connectivity index (χ1v) is 5.29. The van der Waals surface area contributed by atoms with E-state index in [0.29, 0.717) is 18.0 Å². The minimum absolute atomic E-state index is 0.188. The number of aromatic nitrogens is 3. The number of nitrogens with zero attached hydrogens (tertiary/aromatic N) is 3. The Kier molecular flexibility index (Phi) is 3.47. The van der Waals surface area contributed by atoms with E-state index in [1.807, 2.05) is 6.07 Å². The van der Waals surface area contributed by atoms with Crippen LogP contribution in [0.25, 0.3) is 0 Å². The molecule has 1 amide bonds. The van der Waals surface area contributed by atoms with Crippen molar-refractivity contribution in [1.29, 1.82) is 0 Å². The van der Waals surface area contributed by atoms with E-state index in [9.17, 15) is 4.79 Å². The molecule has 0 bridgehead atoms. The van der Waals surface area contributed by atoms with Crippen LogP contribution in [0, 0.1) is 0 Å². The lowest BCUT2D eigenvalue weighted by molar-refractivity contribution is 0.0994. The highest BCUT2D eigenvalue weighted by atomic mass is 16.5. The summed E-state index contributed by atoms with van der Waals surface area (Å²) < 4.78 is 4.97. The molecule has 0 aliphatic rings. The summed E-state index contributed by atoms with van der Waals surface area (Å²) in [5.74, 6) is -0.0485. The SMILES string of the molecule is COc1ccc(Cc2nccnc2C(N)=O)cn1. The van der Waals surface area contributed by atoms with E-state index in [-0.39, 0.29) is 5.69 Å². The lowest BCUT2D eigenvalue weighted by Crippen LogP contribution is -2.17. The van der Waals surface area contributed by atoms with Gasteiger partial charge in [-0.1, -0.05) is 6.07 Å². The predicted octanol–water partition coefficient (Wildman–Crippen LogP) is 0.570. The second kappa shape index (κ2) is 5.22. The Bertz CT molecular complexity index is 554. The summed E-state index contributed by atoms with van der Waals surface area (Å²) in [4.78, 5) is 23.3. The van der Waals surface area contributed by atoms with Crippen molar-refractivity contribution in [3.8, 4) is 5.88 Å². The van der Waals surface area contributed by atoms with Gasteiger partial charge in [0.15, 0.2) is 0 Å². The molecule has 2 N–H and O–H groups in total. The number of rotatable bonds is 4.